The van der Waals surface area contributed by atoms with Crippen LogP contribution in [0, 0.1) is 5.82 Å². The van der Waals surface area contributed by atoms with Crippen molar-refractivity contribution in [1.29, 1.82) is 0 Å². The van der Waals surface area contributed by atoms with Gasteiger partial charge in [-0.3, -0.25) is 0 Å². The van der Waals surface area contributed by atoms with Gasteiger partial charge >= 0.3 is 0 Å². The third kappa shape index (κ3) is 3.53. The molecule has 1 aromatic heterocycles. The second kappa shape index (κ2) is 6.12. The molecule has 4 heteroatoms. The van der Waals surface area contributed by atoms with E-state index >= 15 is 0 Å². The van der Waals surface area contributed by atoms with Crippen molar-refractivity contribution in [2.75, 3.05) is 11.9 Å². The number of nitrogens with one attached hydrogen (secondary N) is 1. The van der Waals surface area contributed by atoms with Gasteiger partial charge in [0.15, 0.2) is 0 Å². The minimum atomic E-state index is -0.332. The van der Waals surface area contributed by atoms with Crippen LogP contribution in [0.5, 0.6) is 0 Å². The van der Waals surface area contributed by atoms with E-state index in [4.69, 9.17) is 5.73 Å². The maximum Gasteiger partial charge on any atom is 0.141 e. The Balaban J connectivity index is 1.80. The molecule has 2 aromatic rings. The van der Waals surface area contributed by atoms with Crippen LogP contribution < -0.4 is 11.1 Å². The van der Waals surface area contributed by atoms with Gasteiger partial charge in [0.1, 0.15) is 11.6 Å². The molecular formula is C14H16FN3. The molecule has 0 spiro atoms. The van der Waals surface area contributed by atoms with E-state index < -0.39 is 0 Å². The zero-order valence-electron chi connectivity index (χ0n) is 10.0. The van der Waals surface area contributed by atoms with Crippen molar-refractivity contribution in [2.45, 2.75) is 12.5 Å². The second-order valence-electron chi connectivity index (χ2n) is 4.09. The number of nitrogens with two attached hydrogens (primary N) is 1. The molecule has 0 amide bonds. The number of rotatable bonds is 5. The van der Waals surface area contributed by atoms with Crippen LogP contribution >= 0.6 is 0 Å². The summed E-state index contributed by atoms with van der Waals surface area (Å²) in [6.45, 7) is 0.703. The third-order valence-corrected chi connectivity index (χ3v) is 2.72. The maximum atomic E-state index is 12.6. The summed E-state index contributed by atoms with van der Waals surface area (Å²) in [6, 6.07) is 12.9. The third-order valence-electron chi connectivity index (χ3n) is 2.72. The zero-order chi connectivity index (χ0) is 12.8. The molecule has 1 heterocycles. The van der Waals surface area contributed by atoms with Crippen LogP contribution in [0.25, 0.3) is 0 Å². The van der Waals surface area contributed by atoms with Crippen molar-refractivity contribution < 1.29 is 4.39 Å². The fourth-order valence-electron chi connectivity index (χ4n) is 1.70. The Bertz CT molecular complexity index is 470. The molecule has 1 unspecified atom stereocenters. The van der Waals surface area contributed by atoms with Crippen molar-refractivity contribution >= 4 is 5.82 Å². The Kier molecular flexibility index (Phi) is 4.25. The Labute approximate surface area is 106 Å². The number of halogens is 1. The van der Waals surface area contributed by atoms with Crippen molar-refractivity contribution in [1.82, 2.24) is 4.98 Å². The molecule has 0 aliphatic carbocycles. The Morgan fingerprint density at radius 1 is 1.17 bits per heavy atom. The summed E-state index contributed by atoms with van der Waals surface area (Å²) >= 11 is 0. The average molecular weight is 245 g/mol. The summed E-state index contributed by atoms with van der Waals surface area (Å²) in [7, 11) is 0. The number of nitrogens with zero attached hydrogens (tertiary/aromatic N) is 1. The Morgan fingerprint density at radius 3 is 2.61 bits per heavy atom. The first-order chi connectivity index (χ1) is 8.75. The average Bonchev–Trinajstić information content (AvgIpc) is 2.42. The number of aromatic nitrogens is 1. The van der Waals surface area contributed by atoms with Gasteiger partial charge in [0, 0.05) is 12.6 Å². The molecule has 0 fully saturated rings. The molecule has 0 saturated carbocycles. The van der Waals surface area contributed by atoms with E-state index in [0.29, 0.717) is 12.4 Å². The van der Waals surface area contributed by atoms with E-state index in [0.717, 1.165) is 12.0 Å². The summed E-state index contributed by atoms with van der Waals surface area (Å²) in [4.78, 5) is 3.92. The minimum Gasteiger partial charge on any atom is -0.370 e. The summed E-state index contributed by atoms with van der Waals surface area (Å²) in [6.07, 6.45) is 1.99. The highest BCUT2D eigenvalue weighted by atomic mass is 19.1. The predicted molar refractivity (Wildman–Crippen MR) is 70.7 cm³/mol. The monoisotopic (exact) mass is 245 g/mol. The van der Waals surface area contributed by atoms with Crippen LogP contribution in [0.2, 0.25) is 0 Å². The number of hydrogen-bond donors (Lipinski definition) is 2. The van der Waals surface area contributed by atoms with E-state index in [1.165, 1.54) is 12.3 Å². The fraction of sp³-hybridized carbons (Fsp3) is 0.214. The number of hydrogen-bond acceptors (Lipinski definition) is 3. The summed E-state index contributed by atoms with van der Waals surface area (Å²) in [5.41, 5.74) is 7.18. The molecule has 0 radical (unpaired) electrons. The second-order valence-corrected chi connectivity index (χ2v) is 4.09. The van der Waals surface area contributed by atoms with Gasteiger partial charge in [-0.25, -0.2) is 9.37 Å². The summed E-state index contributed by atoms with van der Waals surface area (Å²) < 4.78 is 12.6. The lowest BCUT2D eigenvalue weighted by molar-refractivity contribution is 0.621. The lowest BCUT2D eigenvalue weighted by Crippen LogP contribution is -2.15. The van der Waals surface area contributed by atoms with Crippen molar-refractivity contribution in [2.24, 2.45) is 5.73 Å². The SMILES string of the molecule is NC(CCNc1ccc(F)cn1)c1ccccc1. The molecule has 94 valence electrons. The van der Waals surface area contributed by atoms with Gasteiger partial charge in [0.25, 0.3) is 0 Å². The largest absolute Gasteiger partial charge is 0.370 e. The first-order valence-electron chi connectivity index (χ1n) is 5.91. The van der Waals surface area contributed by atoms with E-state index in [9.17, 15) is 4.39 Å². The van der Waals surface area contributed by atoms with E-state index in [1.807, 2.05) is 30.3 Å². The topological polar surface area (TPSA) is 50.9 Å². The van der Waals surface area contributed by atoms with Crippen LogP contribution in [0.15, 0.2) is 48.7 Å². The normalized spacial score (nSPS) is 12.1. The first kappa shape index (κ1) is 12.5. The van der Waals surface area contributed by atoms with E-state index in [2.05, 4.69) is 10.3 Å². The van der Waals surface area contributed by atoms with Gasteiger partial charge in [-0.2, -0.15) is 0 Å². The molecule has 0 aliphatic heterocycles. The van der Waals surface area contributed by atoms with Crippen LogP contribution in [0.4, 0.5) is 10.2 Å². The van der Waals surface area contributed by atoms with Crippen LogP contribution in [0.1, 0.15) is 18.0 Å². The van der Waals surface area contributed by atoms with Gasteiger partial charge in [-0.05, 0) is 24.1 Å². The highest BCUT2D eigenvalue weighted by Gasteiger charge is 2.04. The summed E-state index contributed by atoms with van der Waals surface area (Å²) in [5.74, 6) is 0.332. The van der Waals surface area contributed by atoms with Gasteiger partial charge in [0.2, 0.25) is 0 Å². The molecule has 1 atom stereocenters. The quantitative estimate of drug-likeness (QED) is 0.851. The molecule has 1 aromatic carbocycles. The van der Waals surface area contributed by atoms with Crippen LogP contribution in [-0.2, 0) is 0 Å². The Morgan fingerprint density at radius 2 is 1.94 bits per heavy atom. The highest BCUT2D eigenvalue weighted by molar-refractivity contribution is 5.33. The van der Waals surface area contributed by atoms with E-state index in [-0.39, 0.29) is 11.9 Å². The molecule has 0 bridgehead atoms. The molecule has 18 heavy (non-hydrogen) atoms. The number of anilines is 1. The van der Waals surface area contributed by atoms with Crippen LogP contribution in [0.3, 0.4) is 0 Å². The lowest BCUT2D eigenvalue weighted by atomic mass is 10.1. The molecule has 0 aliphatic rings. The smallest absolute Gasteiger partial charge is 0.141 e. The summed E-state index contributed by atoms with van der Waals surface area (Å²) in [5, 5.41) is 3.11. The molecule has 0 saturated heterocycles. The van der Waals surface area contributed by atoms with Crippen molar-refractivity contribution in [3.63, 3.8) is 0 Å². The van der Waals surface area contributed by atoms with E-state index in [1.54, 1.807) is 6.07 Å². The molecule has 3 N–H and O–H groups in total. The minimum absolute atomic E-state index is 0.000789. The van der Waals surface area contributed by atoms with Gasteiger partial charge in [0.05, 0.1) is 6.20 Å². The molecular weight excluding hydrogens is 229 g/mol. The zero-order valence-corrected chi connectivity index (χ0v) is 10.0. The van der Waals surface area contributed by atoms with Crippen molar-refractivity contribution in [3.05, 3.63) is 60.0 Å². The predicted octanol–water partition coefficient (Wildman–Crippen LogP) is 2.72. The lowest BCUT2D eigenvalue weighted by Gasteiger charge is -2.12. The first-order valence-corrected chi connectivity index (χ1v) is 5.91. The number of benzene rings is 1. The number of pyridine rings is 1. The van der Waals surface area contributed by atoms with Gasteiger partial charge < -0.3 is 11.1 Å². The molecule has 3 nitrogen and oxygen atoms in total. The highest BCUT2D eigenvalue weighted by Crippen LogP contribution is 2.13. The van der Waals surface area contributed by atoms with Gasteiger partial charge in [-0.15, -0.1) is 0 Å². The van der Waals surface area contributed by atoms with Crippen LogP contribution in [-0.4, -0.2) is 11.5 Å². The van der Waals surface area contributed by atoms with Crippen molar-refractivity contribution in [3.8, 4) is 0 Å². The standard InChI is InChI=1S/C14H16FN3/c15-12-6-7-14(18-10-12)17-9-8-13(16)11-4-2-1-3-5-11/h1-7,10,13H,8-9,16H2,(H,17,18). The molecule has 2 rings (SSSR count). The maximum absolute atomic E-state index is 12.6. The fourth-order valence-corrected chi connectivity index (χ4v) is 1.70. The van der Waals surface area contributed by atoms with Gasteiger partial charge in [-0.1, -0.05) is 30.3 Å². The Hall–Kier alpha value is -1.94.